The summed E-state index contributed by atoms with van der Waals surface area (Å²) in [4.78, 5) is 11.2. The number of carbonyl (C=O) groups excluding carboxylic acids is 1. The summed E-state index contributed by atoms with van der Waals surface area (Å²) in [6.45, 7) is 6.48. The third kappa shape index (κ3) is 4.34. The Labute approximate surface area is 74.2 Å². The van der Waals surface area contributed by atoms with E-state index in [0.29, 0.717) is 6.54 Å². The van der Waals surface area contributed by atoms with Crippen molar-refractivity contribution in [2.75, 3.05) is 13.2 Å². The van der Waals surface area contributed by atoms with Crippen molar-refractivity contribution in [1.29, 1.82) is 0 Å². The van der Waals surface area contributed by atoms with Gasteiger partial charge < -0.3 is 10.4 Å². The number of rotatable bonds is 5. The Hall–Kier alpha value is -0.570. The monoisotopic (exact) mass is 173 g/mol. The van der Waals surface area contributed by atoms with E-state index >= 15 is 0 Å². The summed E-state index contributed by atoms with van der Waals surface area (Å²) in [6.07, 6.45) is 0.860. The zero-order valence-corrected chi connectivity index (χ0v) is 8.13. The van der Waals surface area contributed by atoms with E-state index in [1.807, 2.05) is 20.8 Å². The van der Waals surface area contributed by atoms with Crippen LogP contribution in [0.4, 0.5) is 0 Å². The van der Waals surface area contributed by atoms with Gasteiger partial charge >= 0.3 is 0 Å². The molecule has 72 valence electrons. The van der Waals surface area contributed by atoms with Crippen molar-refractivity contribution < 1.29 is 9.90 Å². The van der Waals surface area contributed by atoms with Gasteiger partial charge in [0.1, 0.15) is 0 Å². The lowest BCUT2D eigenvalue weighted by molar-refractivity contribution is -0.124. The first-order valence-corrected chi connectivity index (χ1v) is 4.50. The molecule has 2 unspecified atom stereocenters. The summed E-state index contributed by atoms with van der Waals surface area (Å²) in [5.74, 6) is 0.312. The SMILES string of the molecule is CCC(C)C(=O)NCC(C)CO. The molecule has 3 heteroatoms. The maximum atomic E-state index is 11.2. The first-order valence-electron chi connectivity index (χ1n) is 4.50. The van der Waals surface area contributed by atoms with Gasteiger partial charge in [0, 0.05) is 19.1 Å². The van der Waals surface area contributed by atoms with Gasteiger partial charge in [-0.2, -0.15) is 0 Å². The molecule has 0 aromatic carbocycles. The molecule has 0 spiro atoms. The number of aliphatic hydroxyl groups excluding tert-OH is 1. The zero-order chi connectivity index (χ0) is 9.56. The van der Waals surface area contributed by atoms with Gasteiger partial charge in [-0.25, -0.2) is 0 Å². The third-order valence-electron chi connectivity index (χ3n) is 2.00. The van der Waals surface area contributed by atoms with Gasteiger partial charge in [0.05, 0.1) is 0 Å². The highest BCUT2D eigenvalue weighted by Crippen LogP contribution is 2.00. The van der Waals surface area contributed by atoms with Gasteiger partial charge in [0.15, 0.2) is 0 Å². The number of carbonyl (C=O) groups is 1. The molecule has 0 aliphatic rings. The lowest BCUT2D eigenvalue weighted by Gasteiger charge is -2.12. The highest BCUT2D eigenvalue weighted by atomic mass is 16.3. The van der Waals surface area contributed by atoms with Gasteiger partial charge in [0.25, 0.3) is 0 Å². The maximum absolute atomic E-state index is 11.2. The Morgan fingerprint density at radius 1 is 1.50 bits per heavy atom. The topological polar surface area (TPSA) is 49.3 Å². The minimum absolute atomic E-state index is 0.0795. The molecule has 0 aliphatic carbocycles. The number of nitrogens with one attached hydrogen (secondary N) is 1. The molecule has 0 saturated heterocycles. The molecule has 0 aromatic heterocycles. The molecule has 0 rings (SSSR count). The van der Waals surface area contributed by atoms with E-state index in [4.69, 9.17) is 5.11 Å². The molecule has 0 saturated carbocycles. The second kappa shape index (κ2) is 6.00. The molecule has 0 aliphatic heterocycles. The van der Waals surface area contributed by atoms with E-state index in [0.717, 1.165) is 6.42 Å². The van der Waals surface area contributed by atoms with Crippen molar-refractivity contribution in [1.82, 2.24) is 5.32 Å². The standard InChI is InChI=1S/C9H19NO2/c1-4-8(3)9(12)10-5-7(2)6-11/h7-8,11H,4-6H2,1-3H3,(H,10,12). The van der Waals surface area contributed by atoms with E-state index in [2.05, 4.69) is 5.32 Å². The molecule has 1 amide bonds. The first-order chi connectivity index (χ1) is 5.61. The van der Waals surface area contributed by atoms with E-state index in [1.165, 1.54) is 0 Å². The average molecular weight is 173 g/mol. The normalized spacial score (nSPS) is 15.3. The summed E-state index contributed by atoms with van der Waals surface area (Å²) in [5.41, 5.74) is 0. The number of amides is 1. The van der Waals surface area contributed by atoms with Gasteiger partial charge in [-0.3, -0.25) is 4.79 Å². The van der Waals surface area contributed by atoms with Crippen LogP contribution < -0.4 is 5.32 Å². The summed E-state index contributed by atoms with van der Waals surface area (Å²) in [6, 6.07) is 0. The average Bonchev–Trinajstić information content (AvgIpc) is 2.11. The van der Waals surface area contributed by atoms with Crippen molar-refractivity contribution in [3.05, 3.63) is 0 Å². The molecule has 2 atom stereocenters. The van der Waals surface area contributed by atoms with Crippen LogP contribution in [-0.4, -0.2) is 24.2 Å². The molecule has 2 N–H and O–H groups in total. The Bertz CT molecular complexity index is 136. The van der Waals surface area contributed by atoms with E-state index in [-0.39, 0.29) is 24.3 Å². The fourth-order valence-electron chi connectivity index (χ4n) is 0.699. The van der Waals surface area contributed by atoms with Crippen molar-refractivity contribution in [3.8, 4) is 0 Å². The van der Waals surface area contributed by atoms with Crippen LogP contribution in [0.25, 0.3) is 0 Å². The van der Waals surface area contributed by atoms with E-state index in [9.17, 15) is 4.79 Å². The molecular formula is C9H19NO2. The van der Waals surface area contributed by atoms with Gasteiger partial charge in [0.2, 0.25) is 5.91 Å². The fourth-order valence-corrected chi connectivity index (χ4v) is 0.699. The van der Waals surface area contributed by atoms with Crippen LogP contribution in [0.3, 0.4) is 0 Å². The smallest absolute Gasteiger partial charge is 0.222 e. The lowest BCUT2D eigenvalue weighted by Crippen LogP contribution is -2.33. The third-order valence-corrected chi connectivity index (χ3v) is 2.00. The van der Waals surface area contributed by atoms with Crippen LogP contribution in [0, 0.1) is 11.8 Å². The Balaban J connectivity index is 3.56. The van der Waals surface area contributed by atoms with Gasteiger partial charge in [-0.15, -0.1) is 0 Å². The number of hydrogen-bond acceptors (Lipinski definition) is 2. The molecule has 0 aromatic rings. The predicted molar refractivity (Wildman–Crippen MR) is 48.7 cm³/mol. The van der Waals surface area contributed by atoms with Crippen LogP contribution in [0.1, 0.15) is 27.2 Å². The largest absolute Gasteiger partial charge is 0.396 e. The van der Waals surface area contributed by atoms with Crippen LogP contribution in [-0.2, 0) is 4.79 Å². The van der Waals surface area contributed by atoms with Gasteiger partial charge in [-0.1, -0.05) is 20.8 Å². The molecule has 3 nitrogen and oxygen atoms in total. The molecule has 0 bridgehead atoms. The Morgan fingerprint density at radius 2 is 2.08 bits per heavy atom. The van der Waals surface area contributed by atoms with Gasteiger partial charge in [-0.05, 0) is 12.3 Å². The summed E-state index contributed by atoms with van der Waals surface area (Å²) in [5, 5.41) is 11.5. The van der Waals surface area contributed by atoms with Crippen LogP contribution in [0.5, 0.6) is 0 Å². The van der Waals surface area contributed by atoms with Crippen LogP contribution >= 0.6 is 0 Å². The highest BCUT2D eigenvalue weighted by Gasteiger charge is 2.10. The number of aliphatic hydroxyl groups is 1. The molecule has 0 heterocycles. The second-order valence-corrected chi connectivity index (χ2v) is 3.34. The summed E-state index contributed by atoms with van der Waals surface area (Å²) in [7, 11) is 0. The zero-order valence-electron chi connectivity index (χ0n) is 8.13. The van der Waals surface area contributed by atoms with Crippen molar-refractivity contribution in [2.45, 2.75) is 27.2 Å². The molecule has 12 heavy (non-hydrogen) atoms. The van der Waals surface area contributed by atoms with Crippen molar-refractivity contribution in [3.63, 3.8) is 0 Å². The van der Waals surface area contributed by atoms with Crippen LogP contribution in [0.2, 0.25) is 0 Å². The quantitative estimate of drug-likeness (QED) is 0.645. The molecular weight excluding hydrogens is 154 g/mol. The molecule has 0 radical (unpaired) electrons. The maximum Gasteiger partial charge on any atom is 0.222 e. The highest BCUT2D eigenvalue weighted by molar-refractivity contribution is 5.78. The fraction of sp³-hybridized carbons (Fsp3) is 0.889. The second-order valence-electron chi connectivity index (χ2n) is 3.34. The van der Waals surface area contributed by atoms with Crippen molar-refractivity contribution in [2.24, 2.45) is 11.8 Å². The van der Waals surface area contributed by atoms with E-state index in [1.54, 1.807) is 0 Å². The first kappa shape index (κ1) is 11.4. The predicted octanol–water partition coefficient (Wildman–Crippen LogP) is 0.777. The van der Waals surface area contributed by atoms with E-state index < -0.39 is 0 Å². The summed E-state index contributed by atoms with van der Waals surface area (Å²) < 4.78 is 0. The minimum Gasteiger partial charge on any atom is -0.396 e. The lowest BCUT2D eigenvalue weighted by atomic mass is 10.1. The molecule has 0 fully saturated rings. The minimum atomic E-state index is 0.0795. The van der Waals surface area contributed by atoms with Crippen molar-refractivity contribution >= 4 is 5.91 Å². The number of hydrogen-bond donors (Lipinski definition) is 2. The Kier molecular flexibility index (Phi) is 5.72. The summed E-state index contributed by atoms with van der Waals surface area (Å²) >= 11 is 0. The van der Waals surface area contributed by atoms with Crippen LogP contribution in [0.15, 0.2) is 0 Å². The Morgan fingerprint density at radius 3 is 2.50 bits per heavy atom.